The second-order valence-electron chi connectivity index (χ2n) is 6.07. The topological polar surface area (TPSA) is 77.2 Å². The highest BCUT2D eigenvalue weighted by molar-refractivity contribution is 5.75. The maximum Gasteiger partial charge on any atom is 0.407 e. The molecule has 1 N–H and O–H groups in total. The number of rotatable bonds is 2. The molecule has 0 aromatic heterocycles. The third kappa shape index (κ3) is 3.59. The molecule has 0 aromatic rings. The zero-order chi connectivity index (χ0) is 14.2. The van der Waals surface area contributed by atoms with Crippen molar-refractivity contribution in [2.24, 2.45) is 5.92 Å². The molecule has 2 fully saturated rings. The van der Waals surface area contributed by atoms with E-state index in [1.54, 1.807) is 20.8 Å². The average Bonchev–Trinajstić information content (AvgIpc) is 3.02. The number of ether oxygens (including phenoxy) is 3. The molecule has 0 unspecified atom stereocenters. The first-order valence-corrected chi connectivity index (χ1v) is 6.53. The average molecular weight is 271 g/mol. The van der Waals surface area contributed by atoms with Crippen LogP contribution in [0.5, 0.6) is 0 Å². The number of alkyl carbamates (subject to hydrolysis) is 1. The zero-order valence-corrected chi connectivity index (χ0v) is 11.8. The van der Waals surface area contributed by atoms with E-state index in [0.29, 0.717) is 12.8 Å². The molecule has 1 saturated carbocycles. The summed E-state index contributed by atoms with van der Waals surface area (Å²) < 4.78 is 15.4. The second-order valence-corrected chi connectivity index (χ2v) is 6.07. The lowest BCUT2D eigenvalue weighted by atomic mass is 9.84. The number of esters is 1. The van der Waals surface area contributed by atoms with Gasteiger partial charge in [0.1, 0.15) is 5.60 Å². The fourth-order valence-corrected chi connectivity index (χ4v) is 2.45. The summed E-state index contributed by atoms with van der Waals surface area (Å²) in [6.07, 6.45) is 1.01. The Labute approximate surface area is 112 Å². The van der Waals surface area contributed by atoms with Gasteiger partial charge >= 0.3 is 12.1 Å². The Morgan fingerprint density at radius 3 is 2.42 bits per heavy atom. The van der Waals surface area contributed by atoms with Gasteiger partial charge < -0.3 is 19.5 Å². The van der Waals surface area contributed by atoms with Crippen LogP contribution in [0.4, 0.5) is 4.79 Å². The largest absolute Gasteiger partial charge is 0.469 e. The number of carbonyl (C=O) groups is 2. The van der Waals surface area contributed by atoms with Gasteiger partial charge in [0.2, 0.25) is 0 Å². The van der Waals surface area contributed by atoms with E-state index in [1.165, 1.54) is 7.11 Å². The number of hydrogen-bond acceptors (Lipinski definition) is 5. The highest BCUT2D eigenvalue weighted by atomic mass is 16.6. The normalized spacial score (nSPS) is 33.1. The number of nitrogens with one attached hydrogen (secondary N) is 1. The van der Waals surface area contributed by atoms with Crippen molar-refractivity contribution in [2.75, 3.05) is 7.11 Å². The summed E-state index contributed by atoms with van der Waals surface area (Å²) in [5, 5.41) is 2.76. The Balaban J connectivity index is 1.95. The maximum atomic E-state index is 11.8. The van der Waals surface area contributed by atoms with Crippen LogP contribution in [0.2, 0.25) is 0 Å². The van der Waals surface area contributed by atoms with Gasteiger partial charge in [-0.25, -0.2) is 4.79 Å². The molecule has 0 spiro atoms. The number of carbonyl (C=O) groups excluding carboxylic acids is 2. The van der Waals surface area contributed by atoms with Crippen molar-refractivity contribution in [1.82, 2.24) is 5.32 Å². The highest BCUT2D eigenvalue weighted by Gasteiger charge is 2.51. The van der Waals surface area contributed by atoms with Crippen molar-refractivity contribution < 1.29 is 23.8 Å². The molecule has 6 nitrogen and oxygen atoms in total. The lowest BCUT2D eigenvalue weighted by Crippen LogP contribution is -2.48. The molecule has 0 bridgehead atoms. The molecular formula is C13H21NO5. The van der Waals surface area contributed by atoms with E-state index in [4.69, 9.17) is 14.2 Å². The molecule has 4 atom stereocenters. The molecule has 108 valence electrons. The third-order valence-electron chi connectivity index (χ3n) is 3.35. The minimum Gasteiger partial charge on any atom is -0.469 e. The molecule has 1 heterocycles. The summed E-state index contributed by atoms with van der Waals surface area (Å²) in [5.74, 6) is -0.670. The number of amides is 1. The molecule has 1 aliphatic heterocycles. The van der Waals surface area contributed by atoms with Crippen molar-refractivity contribution in [3.8, 4) is 0 Å². The predicted octanol–water partition coefficient (Wildman–Crippen LogP) is 1.23. The van der Waals surface area contributed by atoms with Crippen molar-refractivity contribution in [3.05, 3.63) is 0 Å². The van der Waals surface area contributed by atoms with Crippen LogP contribution < -0.4 is 5.32 Å². The van der Waals surface area contributed by atoms with E-state index in [2.05, 4.69) is 5.32 Å². The van der Waals surface area contributed by atoms with Crippen molar-refractivity contribution in [2.45, 2.75) is 57.5 Å². The van der Waals surface area contributed by atoms with Crippen LogP contribution in [0.25, 0.3) is 0 Å². The van der Waals surface area contributed by atoms with Crippen LogP contribution in [0.3, 0.4) is 0 Å². The SMILES string of the molecule is COC(=O)[C@H]1C[C@H]2O[C@H]2C[C@H]1NC(=O)OC(C)(C)C. The minimum atomic E-state index is -0.557. The van der Waals surface area contributed by atoms with Gasteiger partial charge in [0.15, 0.2) is 0 Å². The number of hydrogen-bond donors (Lipinski definition) is 1. The van der Waals surface area contributed by atoms with Crippen molar-refractivity contribution in [3.63, 3.8) is 0 Å². The van der Waals surface area contributed by atoms with Crippen LogP contribution in [0.1, 0.15) is 33.6 Å². The first kappa shape index (κ1) is 14.1. The van der Waals surface area contributed by atoms with E-state index in [0.717, 1.165) is 0 Å². The first-order valence-electron chi connectivity index (χ1n) is 6.53. The highest BCUT2D eigenvalue weighted by Crippen LogP contribution is 2.40. The molecule has 0 aromatic carbocycles. The summed E-state index contributed by atoms with van der Waals surface area (Å²) in [5.41, 5.74) is -0.557. The van der Waals surface area contributed by atoms with Gasteiger partial charge in [-0.15, -0.1) is 0 Å². The van der Waals surface area contributed by atoms with Gasteiger partial charge in [-0.2, -0.15) is 0 Å². The molecule has 1 amide bonds. The summed E-state index contributed by atoms with van der Waals surface area (Å²) in [6.45, 7) is 5.39. The van der Waals surface area contributed by atoms with Crippen LogP contribution in [0.15, 0.2) is 0 Å². The first-order chi connectivity index (χ1) is 8.80. The number of fused-ring (bicyclic) bond motifs is 1. The van der Waals surface area contributed by atoms with Crippen molar-refractivity contribution >= 4 is 12.1 Å². The van der Waals surface area contributed by atoms with E-state index < -0.39 is 11.7 Å². The lowest BCUT2D eigenvalue weighted by molar-refractivity contribution is -0.147. The van der Waals surface area contributed by atoms with Crippen LogP contribution in [-0.2, 0) is 19.0 Å². The Morgan fingerprint density at radius 2 is 1.84 bits per heavy atom. The quantitative estimate of drug-likeness (QED) is 0.604. The standard InChI is InChI=1S/C13H21NO5/c1-13(2,3)19-12(16)14-8-6-10-9(18-10)5-7(8)11(15)17-4/h7-10H,5-6H2,1-4H3,(H,14,16)/t7-,8+,9+,10-/m0/s1. The Kier molecular flexibility index (Phi) is 3.71. The van der Waals surface area contributed by atoms with Crippen molar-refractivity contribution in [1.29, 1.82) is 0 Å². The maximum absolute atomic E-state index is 11.8. The summed E-state index contributed by atoms with van der Waals surface area (Å²) in [4.78, 5) is 23.5. The van der Waals surface area contributed by atoms with E-state index in [-0.39, 0.29) is 30.1 Å². The molecule has 19 heavy (non-hydrogen) atoms. The lowest BCUT2D eigenvalue weighted by Gasteiger charge is -2.29. The Hall–Kier alpha value is -1.30. The van der Waals surface area contributed by atoms with Crippen LogP contribution >= 0.6 is 0 Å². The number of epoxide rings is 1. The smallest absolute Gasteiger partial charge is 0.407 e. The molecule has 0 radical (unpaired) electrons. The molecule has 1 saturated heterocycles. The number of methoxy groups -OCH3 is 1. The van der Waals surface area contributed by atoms with E-state index in [9.17, 15) is 9.59 Å². The second kappa shape index (κ2) is 5.00. The third-order valence-corrected chi connectivity index (χ3v) is 3.35. The van der Waals surface area contributed by atoms with Gasteiger partial charge in [-0.1, -0.05) is 0 Å². The monoisotopic (exact) mass is 271 g/mol. The predicted molar refractivity (Wildman–Crippen MR) is 66.6 cm³/mol. The van der Waals surface area contributed by atoms with Gasteiger partial charge in [-0.3, -0.25) is 4.79 Å². The summed E-state index contributed by atoms with van der Waals surface area (Å²) >= 11 is 0. The van der Waals surface area contributed by atoms with Gasteiger partial charge in [0, 0.05) is 6.04 Å². The molecular weight excluding hydrogens is 250 g/mol. The van der Waals surface area contributed by atoms with Gasteiger partial charge in [-0.05, 0) is 33.6 Å². The van der Waals surface area contributed by atoms with Gasteiger partial charge in [0.05, 0.1) is 25.2 Å². The molecule has 2 aliphatic rings. The fraction of sp³-hybridized carbons (Fsp3) is 0.846. The fourth-order valence-electron chi connectivity index (χ4n) is 2.45. The zero-order valence-electron chi connectivity index (χ0n) is 11.8. The molecule has 6 heteroatoms. The van der Waals surface area contributed by atoms with E-state index in [1.807, 2.05) is 0 Å². The van der Waals surface area contributed by atoms with Crippen LogP contribution in [-0.4, -0.2) is 43.0 Å². The molecule has 2 rings (SSSR count). The summed E-state index contributed by atoms with van der Waals surface area (Å²) in [6, 6.07) is -0.286. The van der Waals surface area contributed by atoms with E-state index >= 15 is 0 Å². The Morgan fingerprint density at radius 1 is 1.21 bits per heavy atom. The molecule has 1 aliphatic carbocycles. The summed E-state index contributed by atoms with van der Waals surface area (Å²) in [7, 11) is 1.35. The van der Waals surface area contributed by atoms with Gasteiger partial charge in [0.25, 0.3) is 0 Å². The van der Waals surface area contributed by atoms with Crippen LogP contribution in [0, 0.1) is 5.92 Å². The Bertz CT molecular complexity index is 376. The minimum absolute atomic E-state index is 0.140.